The van der Waals surface area contributed by atoms with Gasteiger partial charge < -0.3 is 4.90 Å². The molecule has 0 aromatic carbocycles. The van der Waals surface area contributed by atoms with Crippen molar-refractivity contribution in [3.05, 3.63) is 29.8 Å². The molecule has 1 rings (SSSR count). The van der Waals surface area contributed by atoms with E-state index in [2.05, 4.69) is 25.8 Å². The first-order valence-corrected chi connectivity index (χ1v) is 5.62. The van der Waals surface area contributed by atoms with Gasteiger partial charge in [-0.05, 0) is 18.4 Å². The number of carbonyl (C=O) groups excluding carboxylic acids is 1. The largest absolute Gasteiger partial charge is 0.338 e. The van der Waals surface area contributed by atoms with Gasteiger partial charge >= 0.3 is 0 Å². The van der Waals surface area contributed by atoms with Crippen LogP contribution in [0.1, 0.15) is 38.1 Å². The van der Waals surface area contributed by atoms with Crippen LogP contribution in [0.3, 0.4) is 0 Å². The van der Waals surface area contributed by atoms with Crippen LogP contribution in [0.5, 0.6) is 0 Å². The normalized spacial score (nSPS) is 13.3. The fourth-order valence-electron chi connectivity index (χ4n) is 1.50. The first-order valence-electron chi connectivity index (χ1n) is 5.62. The van der Waals surface area contributed by atoms with Crippen LogP contribution in [0.25, 0.3) is 0 Å². The topological polar surface area (TPSA) is 33.2 Å². The van der Waals surface area contributed by atoms with Gasteiger partial charge in [0.15, 0.2) is 0 Å². The lowest BCUT2D eigenvalue weighted by Crippen LogP contribution is -2.43. The van der Waals surface area contributed by atoms with E-state index in [4.69, 9.17) is 0 Å². The Hall–Kier alpha value is -1.45. The van der Waals surface area contributed by atoms with E-state index >= 15 is 0 Å². The Morgan fingerprint density at radius 3 is 2.53 bits per heavy atom. The first-order chi connectivity index (χ1) is 7.73. The van der Waals surface area contributed by atoms with Crippen molar-refractivity contribution < 1.29 is 9.18 Å². The Morgan fingerprint density at radius 2 is 2.06 bits per heavy atom. The summed E-state index contributed by atoms with van der Waals surface area (Å²) in [5.74, 6) is -0.818. The minimum Gasteiger partial charge on any atom is -0.338 e. The first kappa shape index (κ1) is 13.6. The Kier molecular flexibility index (Phi) is 3.86. The summed E-state index contributed by atoms with van der Waals surface area (Å²) >= 11 is 0. The predicted octanol–water partition coefficient (Wildman–Crippen LogP) is 2.73. The maximum absolute atomic E-state index is 12.9. The SMILES string of the molecule is CC(N(C)C(=O)c1ccnc(F)c1)C(C)(C)C. The molecule has 1 atom stereocenters. The van der Waals surface area contributed by atoms with Crippen molar-refractivity contribution in [1.29, 1.82) is 0 Å². The second kappa shape index (κ2) is 4.82. The zero-order valence-corrected chi connectivity index (χ0v) is 11.0. The van der Waals surface area contributed by atoms with E-state index in [1.54, 1.807) is 11.9 Å². The monoisotopic (exact) mass is 238 g/mol. The number of carbonyl (C=O) groups is 1. The molecule has 0 N–H and O–H groups in total. The molecule has 0 saturated carbocycles. The van der Waals surface area contributed by atoms with Gasteiger partial charge in [0.05, 0.1) is 0 Å². The van der Waals surface area contributed by atoms with Crippen molar-refractivity contribution in [1.82, 2.24) is 9.88 Å². The highest BCUT2D eigenvalue weighted by Gasteiger charge is 2.27. The highest BCUT2D eigenvalue weighted by Crippen LogP contribution is 2.24. The smallest absolute Gasteiger partial charge is 0.254 e. The molecule has 4 heteroatoms. The Labute approximate surface area is 102 Å². The van der Waals surface area contributed by atoms with Crippen LogP contribution < -0.4 is 0 Å². The summed E-state index contributed by atoms with van der Waals surface area (Å²) in [6.45, 7) is 8.17. The van der Waals surface area contributed by atoms with E-state index in [1.807, 2.05) is 6.92 Å². The van der Waals surface area contributed by atoms with Gasteiger partial charge in [-0.2, -0.15) is 4.39 Å². The highest BCUT2D eigenvalue weighted by atomic mass is 19.1. The Balaban J connectivity index is 2.91. The van der Waals surface area contributed by atoms with E-state index in [9.17, 15) is 9.18 Å². The molecule has 17 heavy (non-hydrogen) atoms. The highest BCUT2D eigenvalue weighted by molar-refractivity contribution is 5.94. The molecule has 1 aromatic heterocycles. The van der Waals surface area contributed by atoms with E-state index in [1.165, 1.54) is 12.3 Å². The summed E-state index contributed by atoms with van der Waals surface area (Å²) in [7, 11) is 1.73. The van der Waals surface area contributed by atoms with Crippen LogP contribution >= 0.6 is 0 Å². The van der Waals surface area contributed by atoms with Crippen LogP contribution in [0.15, 0.2) is 18.3 Å². The second-order valence-electron chi connectivity index (χ2n) is 5.33. The molecule has 0 bridgehead atoms. The zero-order valence-electron chi connectivity index (χ0n) is 11.0. The number of hydrogen-bond acceptors (Lipinski definition) is 2. The molecule has 0 saturated heterocycles. The third-order valence-electron chi connectivity index (χ3n) is 3.13. The number of aromatic nitrogens is 1. The Morgan fingerprint density at radius 1 is 1.47 bits per heavy atom. The lowest BCUT2D eigenvalue weighted by atomic mass is 9.87. The quantitative estimate of drug-likeness (QED) is 0.742. The summed E-state index contributed by atoms with van der Waals surface area (Å²) in [4.78, 5) is 17.2. The molecular weight excluding hydrogens is 219 g/mol. The summed E-state index contributed by atoms with van der Waals surface area (Å²) in [6, 6.07) is 2.75. The molecule has 1 unspecified atom stereocenters. The summed E-state index contributed by atoms with van der Waals surface area (Å²) < 4.78 is 12.9. The fourth-order valence-corrected chi connectivity index (χ4v) is 1.50. The van der Waals surface area contributed by atoms with Crippen molar-refractivity contribution in [2.45, 2.75) is 33.7 Å². The van der Waals surface area contributed by atoms with Gasteiger partial charge in [0.1, 0.15) is 0 Å². The summed E-state index contributed by atoms with van der Waals surface area (Å²) in [5.41, 5.74) is 0.312. The summed E-state index contributed by atoms with van der Waals surface area (Å²) in [5, 5.41) is 0. The maximum atomic E-state index is 12.9. The van der Waals surface area contributed by atoms with Crippen LogP contribution in [0.2, 0.25) is 0 Å². The molecule has 0 spiro atoms. The van der Waals surface area contributed by atoms with Crippen molar-refractivity contribution in [2.24, 2.45) is 5.41 Å². The lowest BCUT2D eigenvalue weighted by molar-refractivity contribution is 0.0628. The molecule has 0 aliphatic rings. The number of nitrogens with zero attached hydrogens (tertiary/aromatic N) is 2. The molecule has 0 aliphatic heterocycles. The fraction of sp³-hybridized carbons (Fsp3) is 0.538. The average molecular weight is 238 g/mol. The van der Waals surface area contributed by atoms with E-state index in [0.29, 0.717) is 5.56 Å². The van der Waals surface area contributed by atoms with Gasteiger partial charge in [0.25, 0.3) is 5.91 Å². The van der Waals surface area contributed by atoms with Crippen LogP contribution in [-0.4, -0.2) is 28.9 Å². The van der Waals surface area contributed by atoms with Crippen LogP contribution in [0.4, 0.5) is 4.39 Å². The number of rotatable bonds is 2. The minimum atomic E-state index is -0.632. The van der Waals surface area contributed by atoms with Crippen molar-refractivity contribution in [2.75, 3.05) is 7.05 Å². The standard InChI is InChI=1S/C13H19FN2O/c1-9(13(2,3)4)16(5)12(17)10-6-7-15-11(14)8-10/h6-9H,1-5H3. The number of hydrogen-bond donors (Lipinski definition) is 0. The van der Waals surface area contributed by atoms with E-state index in [0.717, 1.165) is 6.07 Å². The van der Waals surface area contributed by atoms with Gasteiger partial charge in [-0.3, -0.25) is 4.79 Å². The molecule has 94 valence electrons. The number of pyridine rings is 1. The molecule has 0 fully saturated rings. The third kappa shape index (κ3) is 3.25. The van der Waals surface area contributed by atoms with Crippen molar-refractivity contribution in [3.8, 4) is 0 Å². The summed E-state index contributed by atoms with van der Waals surface area (Å²) in [6.07, 6.45) is 1.30. The number of halogens is 1. The van der Waals surface area contributed by atoms with Crippen molar-refractivity contribution >= 4 is 5.91 Å². The van der Waals surface area contributed by atoms with Gasteiger partial charge in [-0.15, -0.1) is 0 Å². The second-order valence-corrected chi connectivity index (χ2v) is 5.33. The average Bonchev–Trinajstić information content (AvgIpc) is 2.25. The number of amides is 1. The Bertz CT molecular complexity index is 412. The third-order valence-corrected chi connectivity index (χ3v) is 3.13. The van der Waals surface area contributed by atoms with Gasteiger partial charge in [-0.1, -0.05) is 20.8 Å². The van der Waals surface area contributed by atoms with Crippen LogP contribution in [0, 0.1) is 11.4 Å². The minimum absolute atomic E-state index is 0.0179. The molecule has 0 aliphatic carbocycles. The predicted molar refractivity (Wildman–Crippen MR) is 65.2 cm³/mol. The van der Waals surface area contributed by atoms with Gasteiger partial charge in [-0.25, -0.2) is 4.98 Å². The van der Waals surface area contributed by atoms with Gasteiger partial charge in [0.2, 0.25) is 5.95 Å². The van der Waals surface area contributed by atoms with E-state index < -0.39 is 5.95 Å². The molecule has 1 amide bonds. The zero-order chi connectivity index (χ0) is 13.2. The molecule has 0 radical (unpaired) electrons. The molecular formula is C13H19FN2O. The maximum Gasteiger partial charge on any atom is 0.254 e. The van der Waals surface area contributed by atoms with Crippen molar-refractivity contribution in [3.63, 3.8) is 0 Å². The lowest BCUT2D eigenvalue weighted by Gasteiger charge is -2.35. The molecule has 1 aromatic rings. The van der Waals surface area contributed by atoms with Gasteiger partial charge in [0, 0.05) is 30.9 Å². The van der Waals surface area contributed by atoms with E-state index in [-0.39, 0.29) is 17.4 Å². The molecule has 3 nitrogen and oxygen atoms in total. The molecule has 1 heterocycles. The van der Waals surface area contributed by atoms with Crippen LogP contribution in [-0.2, 0) is 0 Å².